The molecule has 3 heterocycles. The predicted molar refractivity (Wildman–Crippen MR) is 153 cm³/mol. The fourth-order valence-electron chi connectivity index (χ4n) is 6.26. The summed E-state index contributed by atoms with van der Waals surface area (Å²) in [5.74, 6) is -4.63. The van der Waals surface area contributed by atoms with E-state index in [2.05, 4.69) is 0 Å². The number of halogens is 1. The molecule has 0 spiro atoms. The summed E-state index contributed by atoms with van der Waals surface area (Å²) in [5, 5.41) is 0. The lowest BCUT2D eigenvalue weighted by Gasteiger charge is -2.36. The molecule has 7 nitrogen and oxygen atoms in total. The van der Waals surface area contributed by atoms with Gasteiger partial charge in [-0.15, -0.1) is 0 Å². The molecule has 2 amide bonds. The maximum absolute atomic E-state index is 14.7. The van der Waals surface area contributed by atoms with Crippen LogP contribution in [0.25, 0.3) is 6.08 Å². The van der Waals surface area contributed by atoms with E-state index in [1.807, 2.05) is 42.5 Å². The average molecular weight is 559 g/mol. The molecule has 3 aliphatic heterocycles. The quantitative estimate of drug-likeness (QED) is 0.148. The number of ether oxygens (including phenoxy) is 1. The third-order valence-electron chi connectivity index (χ3n) is 8.12. The highest BCUT2D eigenvalue weighted by atomic mass is 19.1. The van der Waals surface area contributed by atoms with Crippen LogP contribution in [0.1, 0.15) is 21.5 Å². The molecule has 8 heteroatoms. The van der Waals surface area contributed by atoms with Crippen molar-refractivity contribution in [2.75, 3.05) is 9.80 Å². The molecule has 42 heavy (non-hydrogen) atoms. The maximum atomic E-state index is 14.7. The second-order valence-corrected chi connectivity index (χ2v) is 10.4. The van der Waals surface area contributed by atoms with Gasteiger partial charge in [0, 0.05) is 16.8 Å². The average Bonchev–Trinajstić information content (AvgIpc) is 3.50. The second-order valence-electron chi connectivity index (χ2n) is 10.4. The van der Waals surface area contributed by atoms with Crippen molar-refractivity contribution in [2.45, 2.75) is 12.1 Å². The molecular formula is C34H23FN2O5. The minimum Gasteiger partial charge on any atom is -0.425 e. The predicted octanol–water partition coefficient (Wildman–Crippen LogP) is 5.05. The number of fused-ring (bicyclic) bond motifs is 5. The van der Waals surface area contributed by atoms with Crippen molar-refractivity contribution in [3.63, 3.8) is 0 Å². The van der Waals surface area contributed by atoms with Crippen LogP contribution in [0.2, 0.25) is 0 Å². The van der Waals surface area contributed by atoms with E-state index in [0.29, 0.717) is 16.8 Å². The van der Waals surface area contributed by atoms with Crippen molar-refractivity contribution in [1.82, 2.24) is 0 Å². The Morgan fingerprint density at radius 3 is 2.05 bits per heavy atom. The molecule has 3 aliphatic rings. The number of nitrogens with zero attached hydrogens (tertiary/aromatic N) is 2. The lowest BCUT2D eigenvalue weighted by molar-refractivity contribution is -0.139. The number of carbonyl (C=O) groups excluding carboxylic acids is 4. The lowest BCUT2D eigenvalue weighted by atomic mass is 9.89. The van der Waals surface area contributed by atoms with Crippen LogP contribution in [0.5, 0.6) is 5.75 Å². The van der Waals surface area contributed by atoms with Gasteiger partial charge in [0.05, 0.1) is 23.6 Å². The molecular weight excluding hydrogens is 535 g/mol. The van der Waals surface area contributed by atoms with Crippen molar-refractivity contribution in [3.05, 3.63) is 132 Å². The summed E-state index contributed by atoms with van der Waals surface area (Å²) in [4.78, 5) is 57.0. The Kier molecular flexibility index (Phi) is 6.04. The van der Waals surface area contributed by atoms with Crippen LogP contribution in [0.15, 0.2) is 109 Å². The number of benzene rings is 4. The normalized spacial score (nSPS) is 22.0. The van der Waals surface area contributed by atoms with Gasteiger partial charge in [0.15, 0.2) is 5.78 Å². The number of ketones is 1. The molecule has 0 N–H and O–H groups in total. The first-order valence-corrected chi connectivity index (χ1v) is 13.5. The maximum Gasteiger partial charge on any atom is 0.335 e. The first kappa shape index (κ1) is 25.6. The molecule has 0 aliphatic carbocycles. The standard InChI is InChI=1S/C34H23FN2O5/c35-24-11-5-7-13-26(24)37-32(39)28-27-19-16-20-8-4-6-12-25(20)36(27)30(29(28)33(37)40)34(41)42-23-17-14-22(15-18-23)31(38)21-9-2-1-3-10-21/h1-19,27-30H/t27-,28+,29-,30+/m1/s1. The van der Waals surface area contributed by atoms with E-state index < -0.39 is 47.5 Å². The Labute approximate surface area is 240 Å². The van der Waals surface area contributed by atoms with Crippen molar-refractivity contribution in [1.29, 1.82) is 0 Å². The van der Waals surface area contributed by atoms with Gasteiger partial charge in [-0.25, -0.2) is 14.1 Å². The zero-order valence-corrected chi connectivity index (χ0v) is 22.1. The Hall–Kier alpha value is -5.37. The molecule has 4 aromatic carbocycles. The monoisotopic (exact) mass is 558 g/mol. The molecule has 7 rings (SSSR count). The minimum absolute atomic E-state index is 0.139. The molecule has 0 aromatic heterocycles. The summed E-state index contributed by atoms with van der Waals surface area (Å²) >= 11 is 0. The van der Waals surface area contributed by atoms with Gasteiger partial charge < -0.3 is 9.64 Å². The van der Waals surface area contributed by atoms with Crippen LogP contribution in [-0.4, -0.2) is 35.7 Å². The van der Waals surface area contributed by atoms with Gasteiger partial charge in [0.2, 0.25) is 11.8 Å². The van der Waals surface area contributed by atoms with Crippen LogP contribution in [0.4, 0.5) is 15.8 Å². The molecule has 4 aromatic rings. The SMILES string of the molecule is O=C(c1ccccc1)c1ccc(OC(=O)[C@@H]2[C@@H]3C(=O)N(c4ccccc4F)C(=O)[C@H]3[C@H]3C=Cc4ccccc4N32)cc1. The van der Waals surface area contributed by atoms with Gasteiger partial charge in [-0.2, -0.15) is 0 Å². The highest BCUT2D eigenvalue weighted by Gasteiger charge is 2.65. The smallest absolute Gasteiger partial charge is 0.335 e. The third-order valence-corrected chi connectivity index (χ3v) is 8.12. The number of rotatable bonds is 5. The minimum atomic E-state index is -1.15. The van der Waals surface area contributed by atoms with Crippen LogP contribution in [0.3, 0.4) is 0 Å². The number of imide groups is 1. The number of anilines is 2. The molecule has 206 valence electrons. The molecule has 0 bridgehead atoms. The van der Waals surface area contributed by atoms with Gasteiger partial charge in [-0.05, 0) is 48.0 Å². The van der Waals surface area contributed by atoms with E-state index in [-0.39, 0.29) is 17.2 Å². The summed E-state index contributed by atoms with van der Waals surface area (Å²) in [7, 11) is 0. The van der Waals surface area contributed by atoms with Crippen molar-refractivity contribution < 1.29 is 28.3 Å². The highest BCUT2D eigenvalue weighted by Crippen LogP contribution is 2.49. The Morgan fingerprint density at radius 1 is 0.690 bits per heavy atom. The van der Waals surface area contributed by atoms with Gasteiger partial charge in [0.1, 0.15) is 17.6 Å². The number of hydrogen-bond donors (Lipinski definition) is 0. The summed E-state index contributed by atoms with van der Waals surface area (Å²) < 4.78 is 20.5. The largest absolute Gasteiger partial charge is 0.425 e. The zero-order valence-electron chi connectivity index (χ0n) is 22.1. The molecule has 0 saturated carbocycles. The van der Waals surface area contributed by atoms with Crippen molar-refractivity contribution >= 4 is 41.0 Å². The van der Waals surface area contributed by atoms with Crippen molar-refractivity contribution in [2.24, 2.45) is 11.8 Å². The fraction of sp³-hybridized carbons (Fsp3) is 0.118. The Bertz CT molecular complexity index is 1790. The molecule has 0 radical (unpaired) electrons. The van der Waals surface area contributed by atoms with E-state index >= 15 is 0 Å². The van der Waals surface area contributed by atoms with Gasteiger partial charge in [-0.3, -0.25) is 14.4 Å². The number of carbonyl (C=O) groups is 4. The van der Waals surface area contributed by atoms with Gasteiger partial charge in [-0.1, -0.05) is 72.8 Å². The third kappa shape index (κ3) is 3.95. The van der Waals surface area contributed by atoms with Gasteiger partial charge in [0.25, 0.3) is 0 Å². The van der Waals surface area contributed by atoms with E-state index in [9.17, 15) is 23.6 Å². The molecule has 2 fully saturated rings. The first-order valence-electron chi connectivity index (χ1n) is 13.5. The first-order chi connectivity index (χ1) is 20.4. The lowest BCUT2D eigenvalue weighted by Crippen LogP contribution is -2.50. The van der Waals surface area contributed by atoms with Crippen LogP contribution in [0, 0.1) is 17.7 Å². The number of para-hydroxylation sites is 2. The zero-order chi connectivity index (χ0) is 29.0. The highest BCUT2D eigenvalue weighted by molar-refractivity contribution is 6.24. The van der Waals surface area contributed by atoms with E-state index in [4.69, 9.17) is 4.74 Å². The summed E-state index contributed by atoms with van der Waals surface area (Å²) in [6.07, 6.45) is 3.68. The van der Waals surface area contributed by atoms with Crippen LogP contribution < -0.4 is 14.5 Å². The number of hydrogen-bond acceptors (Lipinski definition) is 6. The summed E-state index contributed by atoms with van der Waals surface area (Å²) in [6, 6.07) is 26.3. The number of amides is 2. The van der Waals surface area contributed by atoms with Crippen LogP contribution in [-0.2, 0) is 14.4 Å². The second kappa shape index (κ2) is 9.92. The Morgan fingerprint density at radius 2 is 1.31 bits per heavy atom. The number of esters is 1. The Balaban J connectivity index is 1.23. The molecule has 0 unspecified atom stereocenters. The summed E-state index contributed by atoms with van der Waals surface area (Å²) in [5.41, 5.74) is 2.35. The summed E-state index contributed by atoms with van der Waals surface area (Å²) in [6.45, 7) is 0. The van der Waals surface area contributed by atoms with Crippen molar-refractivity contribution in [3.8, 4) is 5.75 Å². The van der Waals surface area contributed by atoms with E-state index in [0.717, 1.165) is 10.5 Å². The van der Waals surface area contributed by atoms with E-state index in [1.165, 1.54) is 30.3 Å². The van der Waals surface area contributed by atoms with E-state index in [1.54, 1.807) is 47.4 Å². The fourth-order valence-corrected chi connectivity index (χ4v) is 6.26. The molecule has 2 saturated heterocycles. The topological polar surface area (TPSA) is 84.0 Å². The van der Waals surface area contributed by atoms with Crippen LogP contribution >= 0.6 is 0 Å². The molecule has 4 atom stereocenters. The van der Waals surface area contributed by atoms with Gasteiger partial charge >= 0.3 is 5.97 Å².